The van der Waals surface area contributed by atoms with E-state index in [4.69, 9.17) is 9.97 Å². The van der Waals surface area contributed by atoms with Gasteiger partial charge in [-0.15, -0.1) is 0 Å². The summed E-state index contributed by atoms with van der Waals surface area (Å²) in [5, 5.41) is 2.31. The van der Waals surface area contributed by atoms with Crippen molar-refractivity contribution < 1.29 is 0 Å². The van der Waals surface area contributed by atoms with Gasteiger partial charge in [-0.25, -0.2) is 9.97 Å². The number of nitrogens with zero attached hydrogens (tertiary/aromatic N) is 2. The highest BCUT2D eigenvalue weighted by molar-refractivity contribution is 6.05. The Bertz CT molecular complexity index is 3860. The van der Waals surface area contributed by atoms with Crippen molar-refractivity contribution in [2.24, 2.45) is 0 Å². The number of rotatable bonds is 9. The van der Waals surface area contributed by atoms with E-state index in [0.717, 1.165) is 39.0 Å². The predicted octanol–water partition coefficient (Wildman–Crippen LogP) is 17.7. The SMILES string of the molecule is c1ccc(-c2ccc(-c3cc(-c4ccc(-c5cccc(-c6cccc(-c7ccc8c(c7)C(c7ccccc7)(c7ccccc7)c7ccccc7-8)c6)c5)c5ccccc45)nc(-c4ccccc4)n3)cc2)cc1. The lowest BCUT2D eigenvalue weighted by Crippen LogP contribution is -2.28. The van der Waals surface area contributed by atoms with Crippen LogP contribution in [0.15, 0.2) is 279 Å². The van der Waals surface area contributed by atoms with Crippen LogP contribution in [0, 0.1) is 0 Å². The average molecular weight is 903 g/mol. The molecule has 2 heteroatoms. The molecule has 1 aliphatic rings. The van der Waals surface area contributed by atoms with E-state index in [1.54, 1.807) is 0 Å². The molecule has 0 fully saturated rings. The second-order valence-electron chi connectivity index (χ2n) is 18.4. The van der Waals surface area contributed by atoms with Gasteiger partial charge in [-0.2, -0.15) is 0 Å². The highest BCUT2D eigenvalue weighted by Gasteiger charge is 2.46. The average Bonchev–Trinajstić information content (AvgIpc) is 3.76. The van der Waals surface area contributed by atoms with Gasteiger partial charge in [0.2, 0.25) is 0 Å². The molecule has 0 bridgehead atoms. The maximum Gasteiger partial charge on any atom is 0.160 e. The van der Waals surface area contributed by atoms with Gasteiger partial charge in [0.05, 0.1) is 16.8 Å². The highest BCUT2D eigenvalue weighted by Crippen LogP contribution is 2.56. The van der Waals surface area contributed by atoms with Crippen molar-refractivity contribution in [2.45, 2.75) is 5.41 Å². The minimum atomic E-state index is -0.455. The summed E-state index contributed by atoms with van der Waals surface area (Å²) in [4.78, 5) is 10.4. The van der Waals surface area contributed by atoms with Crippen molar-refractivity contribution in [1.82, 2.24) is 9.97 Å². The molecule has 0 N–H and O–H groups in total. The van der Waals surface area contributed by atoms with Gasteiger partial charge in [0, 0.05) is 16.7 Å². The van der Waals surface area contributed by atoms with E-state index in [-0.39, 0.29) is 0 Å². The van der Waals surface area contributed by atoms with Crippen molar-refractivity contribution >= 4 is 10.8 Å². The molecule has 0 amide bonds. The fourth-order valence-corrected chi connectivity index (χ4v) is 11.1. The molecular formula is C69H46N2. The van der Waals surface area contributed by atoms with E-state index in [0.29, 0.717) is 5.82 Å². The normalized spacial score (nSPS) is 12.3. The molecule has 2 nitrogen and oxygen atoms in total. The highest BCUT2D eigenvalue weighted by atomic mass is 14.9. The van der Waals surface area contributed by atoms with Gasteiger partial charge in [0.15, 0.2) is 5.82 Å². The largest absolute Gasteiger partial charge is 0.228 e. The second-order valence-corrected chi connectivity index (χ2v) is 18.4. The summed E-state index contributed by atoms with van der Waals surface area (Å²) in [5.74, 6) is 0.699. The van der Waals surface area contributed by atoms with E-state index >= 15 is 0 Å². The third-order valence-electron chi connectivity index (χ3n) is 14.4. The Morgan fingerprint density at radius 2 is 0.648 bits per heavy atom. The Balaban J connectivity index is 0.879. The molecular weight excluding hydrogens is 857 g/mol. The first-order valence-electron chi connectivity index (χ1n) is 24.4. The van der Waals surface area contributed by atoms with Crippen LogP contribution in [0.4, 0.5) is 0 Å². The second kappa shape index (κ2) is 17.7. The van der Waals surface area contributed by atoms with Crippen LogP contribution in [-0.2, 0) is 5.41 Å². The van der Waals surface area contributed by atoms with Crippen molar-refractivity contribution in [1.29, 1.82) is 0 Å². The number of aromatic nitrogens is 2. The lowest BCUT2D eigenvalue weighted by Gasteiger charge is -2.34. The minimum Gasteiger partial charge on any atom is -0.228 e. The first-order valence-corrected chi connectivity index (χ1v) is 24.4. The van der Waals surface area contributed by atoms with E-state index in [1.165, 1.54) is 77.7 Å². The molecule has 1 aliphatic carbocycles. The molecule has 71 heavy (non-hydrogen) atoms. The van der Waals surface area contributed by atoms with Crippen LogP contribution in [0.2, 0.25) is 0 Å². The van der Waals surface area contributed by atoms with Crippen LogP contribution in [0.1, 0.15) is 22.3 Å². The summed E-state index contributed by atoms with van der Waals surface area (Å²) in [6.45, 7) is 0. The standard InChI is InChI=1S/C69H46N2/c1-5-19-47(20-6-1)48-35-37-49(38-36-48)66-46-67(71-68(70-66)50-21-7-2-8-22-50)63-42-41-58(59-31-13-14-32-60(59)63)55-26-18-25-53(44-55)51-23-17-24-52(43-51)54-39-40-62-61-33-15-16-34-64(61)69(65(62)45-54,56-27-9-3-10-28-56)57-29-11-4-12-30-57/h1-46H. The molecule has 0 radical (unpaired) electrons. The van der Waals surface area contributed by atoms with Gasteiger partial charge in [-0.1, -0.05) is 255 Å². The number of hydrogen-bond acceptors (Lipinski definition) is 2. The zero-order valence-electron chi connectivity index (χ0n) is 39.0. The summed E-state index contributed by atoms with van der Waals surface area (Å²) < 4.78 is 0. The Morgan fingerprint density at radius 3 is 1.31 bits per heavy atom. The molecule has 0 atom stereocenters. The molecule has 13 rings (SSSR count). The fourth-order valence-electron chi connectivity index (χ4n) is 11.1. The monoisotopic (exact) mass is 902 g/mol. The van der Waals surface area contributed by atoms with Gasteiger partial charge in [0.1, 0.15) is 0 Å². The Labute approximate surface area is 414 Å². The molecule has 0 unspecified atom stereocenters. The van der Waals surface area contributed by atoms with E-state index in [2.05, 4.69) is 261 Å². The van der Waals surface area contributed by atoms with E-state index in [9.17, 15) is 0 Å². The number of fused-ring (bicyclic) bond motifs is 4. The number of hydrogen-bond donors (Lipinski definition) is 0. The van der Waals surface area contributed by atoms with Gasteiger partial charge in [-0.3, -0.25) is 0 Å². The van der Waals surface area contributed by atoms with E-state index in [1.807, 2.05) is 18.2 Å². The Hall–Kier alpha value is -9.24. The molecule has 12 aromatic rings. The molecule has 0 saturated heterocycles. The van der Waals surface area contributed by atoms with Crippen LogP contribution in [-0.4, -0.2) is 9.97 Å². The van der Waals surface area contributed by atoms with Gasteiger partial charge in [0.25, 0.3) is 0 Å². The maximum absolute atomic E-state index is 5.26. The van der Waals surface area contributed by atoms with Gasteiger partial charge in [-0.05, 0) is 113 Å². The van der Waals surface area contributed by atoms with Crippen LogP contribution < -0.4 is 0 Å². The summed E-state index contributed by atoms with van der Waals surface area (Å²) in [7, 11) is 0. The molecule has 1 heterocycles. The number of benzene rings is 11. The molecule has 332 valence electrons. The van der Waals surface area contributed by atoms with Crippen LogP contribution in [0.25, 0.3) is 100 Å². The smallest absolute Gasteiger partial charge is 0.160 e. The van der Waals surface area contributed by atoms with Crippen molar-refractivity contribution in [2.75, 3.05) is 0 Å². The maximum atomic E-state index is 5.26. The van der Waals surface area contributed by atoms with Gasteiger partial charge >= 0.3 is 0 Å². The first kappa shape index (κ1) is 41.9. The van der Waals surface area contributed by atoms with Crippen molar-refractivity contribution in [3.8, 4) is 89.5 Å². The molecule has 0 spiro atoms. The molecule has 0 aliphatic heterocycles. The predicted molar refractivity (Wildman–Crippen MR) is 295 cm³/mol. The lowest BCUT2D eigenvalue weighted by atomic mass is 9.67. The molecule has 0 saturated carbocycles. The van der Waals surface area contributed by atoms with Gasteiger partial charge < -0.3 is 0 Å². The van der Waals surface area contributed by atoms with Crippen molar-refractivity contribution in [3.63, 3.8) is 0 Å². The quantitative estimate of drug-likeness (QED) is 0.144. The van der Waals surface area contributed by atoms with Crippen molar-refractivity contribution in [3.05, 3.63) is 301 Å². The first-order chi connectivity index (χ1) is 35.2. The zero-order chi connectivity index (χ0) is 47.1. The Morgan fingerprint density at radius 1 is 0.225 bits per heavy atom. The van der Waals surface area contributed by atoms with Crippen LogP contribution in [0.5, 0.6) is 0 Å². The zero-order valence-corrected chi connectivity index (χ0v) is 39.0. The molecule has 1 aromatic heterocycles. The summed E-state index contributed by atoms with van der Waals surface area (Å²) >= 11 is 0. The third kappa shape index (κ3) is 7.37. The molecule has 11 aromatic carbocycles. The Kier molecular flexibility index (Phi) is 10.4. The van der Waals surface area contributed by atoms with Crippen LogP contribution >= 0.6 is 0 Å². The van der Waals surface area contributed by atoms with Crippen LogP contribution in [0.3, 0.4) is 0 Å². The topological polar surface area (TPSA) is 25.8 Å². The fraction of sp³-hybridized carbons (Fsp3) is 0.0145. The lowest BCUT2D eigenvalue weighted by molar-refractivity contribution is 0.769. The van der Waals surface area contributed by atoms with E-state index < -0.39 is 5.41 Å². The third-order valence-corrected chi connectivity index (χ3v) is 14.4. The summed E-state index contributed by atoms with van der Waals surface area (Å²) in [5.41, 5.74) is 21.5. The minimum absolute atomic E-state index is 0.455. The summed E-state index contributed by atoms with van der Waals surface area (Å²) in [6, 6.07) is 101. The summed E-state index contributed by atoms with van der Waals surface area (Å²) in [6.07, 6.45) is 0.